The number of aryl methyl sites for hydroxylation is 2. The molecule has 2 heterocycles. The second-order valence-electron chi connectivity index (χ2n) is 5.98. The minimum atomic E-state index is -0.211. The molecule has 6 nitrogen and oxygen atoms in total. The highest BCUT2D eigenvalue weighted by molar-refractivity contribution is 7.21. The number of carbonyl (C=O) groups is 1. The summed E-state index contributed by atoms with van der Waals surface area (Å²) in [5, 5.41) is 3.77. The number of benzene rings is 1. The summed E-state index contributed by atoms with van der Waals surface area (Å²) in [6.45, 7) is 4.27. The minimum absolute atomic E-state index is 0. The van der Waals surface area contributed by atoms with Gasteiger partial charge in [0.05, 0.1) is 19.9 Å². The molecule has 0 saturated heterocycles. The van der Waals surface area contributed by atoms with Crippen molar-refractivity contribution in [3.05, 3.63) is 46.0 Å². The molecule has 2 aromatic heterocycles. The van der Waals surface area contributed by atoms with Crippen LogP contribution >= 0.6 is 23.7 Å². The Morgan fingerprint density at radius 1 is 1.19 bits per heavy atom. The van der Waals surface area contributed by atoms with E-state index in [9.17, 15) is 4.79 Å². The quantitative estimate of drug-likeness (QED) is 0.670. The Bertz CT molecular complexity index is 988. The maximum Gasteiger partial charge on any atom is 0.263 e. The highest BCUT2D eigenvalue weighted by atomic mass is 35.5. The largest absolute Gasteiger partial charge is 0.493 e. The summed E-state index contributed by atoms with van der Waals surface area (Å²) >= 11 is 1.32. The van der Waals surface area contributed by atoms with E-state index in [1.165, 1.54) is 11.3 Å². The molecule has 144 valence electrons. The lowest BCUT2D eigenvalue weighted by Crippen LogP contribution is -2.22. The smallest absolute Gasteiger partial charge is 0.263 e. The molecule has 3 aromatic rings. The number of pyridine rings is 1. The highest BCUT2D eigenvalue weighted by Gasteiger charge is 2.19. The van der Waals surface area contributed by atoms with Crippen molar-refractivity contribution in [2.24, 2.45) is 0 Å². The standard InChI is InChI=1S/C19H21N3O3S.ClH/c1-10-7-11(2)22-19-15(10)16(20)17(26-19)18(23)21-9-12-5-6-13(24-3)14(8-12)25-4;/h5-8H,9,20H2,1-4H3,(H,21,23);1H. The Balaban J connectivity index is 0.00000261. The zero-order chi connectivity index (χ0) is 18.8. The van der Waals surface area contributed by atoms with E-state index in [2.05, 4.69) is 10.3 Å². The highest BCUT2D eigenvalue weighted by Crippen LogP contribution is 2.35. The van der Waals surface area contributed by atoms with Gasteiger partial charge >= 0.3 is 0 Å². The van der Waals surface area contributed by atoms with Crippen LogP contribution in [0.1, 0.15) is 26.5 Å². The molecule has 3 rings (SSSR count). The van der Waals surface area contributed by atoms with Gasteiger partial charge in [-0.1, -0.05) is 6.07 Å². The fourth-order valence-corrected chi connectivity index (χ4v) is 4.02. The summed E-state index contributed by atoms with van der Waals surface area (Å²) in [7, 11) is 3.16. The van der Waals surface area contributed by atoms with E-state index >= 15 is 0 Å². The number of aromatic nitrogens is 1. The van der Waals surface area contributed by atoms with Gasteiger partial charge in [0.15, 0.2) is 11.5 Å². The van der Waals surface area contributed by atoms with E-state index in [4.69, 9.17) is 15.2 Å². The van der Waals surface area contributed by atoms with Crippen LogP contribution in [0.3, 0.4) is 0 Å². The van der Waals surface area contributed by atoms with E-state index in [-0.39, 0.29) is 18.3 Å². The number of nitrogen functional groups attached to an aromatic ring is 1. The van der Waals surface area contributed by atoms with Gasteiger partial charge in [-0.25, -0.2) is 4.98 Å². The summed E-state index contributed by atoms with van der Waals surface area (Å²) in [5.74, 6) is 1.06. The van der Waals surface area contributed by atoms with Gasteiger partial charge in [-0.3, -0.25) is 4.79 Å². The van der Waals surface area contributed by atoms with Crippen LogP contribution in [-0.2, 0) is 6.54 Å². The molecule has 0 aliphatic rings. The Labute approximate surface area is 168 Å². The third-order valence-corrected chi connectivity index (χ3v) is 5.23. The summed E-state index contributed by atoms with van der Waals surface area (Å²) in [4.78, 5) is 18.4. The maximum atomic E-state index is 12.6. The summed E-state index contributed by atoms with van der Waals surface area (Å²) < 4.78 is 10.5. The molecule has 3 N–H and O–H groups in total. The number of methoxy groups -OCH3 is 2. The van der Waals surface area contributed by atoms with Gasteiger partial charge < -0.3 is 20.5 Å². The Morgan fingerprint density at radius 3 is 2.56 bits per heavy atom. The Kier molecular flexibility index (Phi) is 6.51. The van der Waals surface area contributed by atoms with Crippen LogP contribution in [0.15, 0.2) is 24.3 Å². The summed E-state index contributed by atoms with van der Waals surface area (Å²) in [6.07, 6.45) is 0. The number of rotatable bonds is 5. The monoisotopic (exact) mass is 407 g/mol. The molecule has 0 aliphatic carbocycles. The number of amides is 1. The number of hydrogen-bond donors (Lipinski definition) is 2. The van der Waals surface area contributed by atoms with E-state index in [0.29, 0.717) is 28.6 Å². The average Bonchev–Trinajstić information content (AvgIpc) is 2.95. The van der Waals surface area contributed by atoms with E-state index < -0.39 is 0 Å². The molecule has 0 fully saturated rings. The van der Waals surface area contributed by atoms with Crippen molar-refractivity contribution in [1.82, 2.24) is 10.3 Å². The van der Waals surface area contributed by atoms with Crippen LogP contribution in [0, 0.1) is 13.8 Å². The lowest BCUT2D eigenvalue weighted by atomic mass is 10.1. The molecule has 0 aliphatic heterocycles. The third kappa shape index (κ3) is 4.09. The number of thiophene rings is 1. The molecular formula is C19H22ClN3O3S. The van der Waals surface area contributed by atoms with Gasteiger partial charge in [-0.15, -0.1) is 23.7 Å². The van der Waals surface area contributed by atoms with Crippen LogP contribution in [0.4, 0.5) is 5.69 Å². The van der Waals surface area contributed by atoms with Gasteiger partial charge in [0.25, 0.3) is 5.91 Å². The summed E-state index contributed by atoms with van der Waals surface area (Å²) in [6, 6.07) is 7.49. The van der Waals surface area contributed by atoms with E-state index in [0.717, 1.165) is 27.0 Å². The second kappa shape index (κ2) is 8.45. The fraction of sp³-hybridized carbons (Fsp3) is 0.263. The number of nitrogens with zero attached hydrogens (tertiary/aromatic N) is 1. The molecule has 0 atom stereocenters. The summed E-state index contributed by atoms with van der Waals surface area (Å²) in [5.41, 5.74) is 9.54. The van der Waals surface area contributed by atoms with Gasteiger partial charge in [-0.2, -0.15) is 0 Å². The second-order valence-corrected chi connectivity index (χ2v) is 6.98. The van der Waals surface area contributed by atoms with Crippen LogP contribution in [0.25, 0.3) is 10.2 Å². The minimum Gasteiger partial charge on any atom is -0.493 e. The number of anilines is 1. The lowest BCUT2D eigenvalue weighted by Gasteiger charge is -2.10. The van der Waals surface area contributed by atoms with Gasteiger partial charge in [-0.05, 0) is 43.2 Å². The number of halogens is 1. The van der Waals surface area contributed by atoms with Crippen molar-refractivity contribution in [3.63, 3.8) is 0 Å². The average molecular weight is 408 g/mol. The predicted molar refractivity (Wildman–Crippen MR) is 111 cm³/mol. The SMILES string of the molecule is COc1ccc(CNC(=O)c2sc3nc(C)cc(C)c3c2N)cc1OC.Cl. The molecule has 1 aromatic carbocycles. The molecular weight excluding hydrogens is 386 g/mol. The van der Waals surface area contributed by atoms with E-state index in [1.54, 1.807) is 14.2 Å². The molecule has 0 bridgehead atoms. The number of fused-ring (bicyclic) bond motifs is 1. The molecule has 1 amide bonds. The molecule has 0 saturated carbocycles. The number of nitrogens with two attached hydrogens (primary N) is 1. The first-order chi connectivity index (χ1) is 12.4. The number of hydrogen-bond acceptors (Lipinski definition) is 6. The first-order valence-electron chi connectivity index (χ1n) is 8.10. The fourth-order valence-electron chi connectivity index (χ4n) is 2.89. The molecule has 0 spiro atoms. The Hall–Kier alpha value is -2.51. The van der Waals surface area contributed by atoms with E-state index in [1.807, 2.05) is 38.1 Å². The van der Waals surface area contributed by atoms with Gasteiger partial charge in [0.2, 0.25) is 0 Å². The van der Waals surface area contributed by atoms with Gasteiger partial charge in [0, 0.05) is 17.6 Å². The van der Waals surface area contributed by atoms with Gasteiger partial charge in [0.1, 0.15) is 9.71 Å². The molecule has 0 radical (unpaired) electrons. The zero-order valence-corrected chi connectivity index (χ0v) is 17.2. The molecule has 8 heteroatoms. The maximum absolute atomic E-state index is 12.6. The molecule has 27 heavy (non-hydrogen) atoms. The van der Waals surface area contributed by atoms with Crippen molar-refractivity contribution in [1.29, 1.82) is 0 Å². The first-order valence-corrected chi connectivity index (χ1v) is 8.91. The van der Waals surface area contributed by atoms with Crippen LogP contribution in [0.5, 0.6) is 11.5 Å². The number of ether oxygens (including phenoxy) is 2. The first kappa shape index (κ1) is 20.8. The van der Waals surface area contributed by atoms with Crippen molar-refractivity contribution < 1.29 is 14.3 Å². The topological polar surface area (TPSA) is 86.5 Å². The van der Waals surface area contributed by atoms with Crippen molar-refractivity contribution in [3.8, 4) is 11.5 Å². The van der Waals surface area contributed by atoms with Crippen LogP contribution < -0.4 is 20.5 Å². The lowest BCUT2D eigenvalue weighted by molar-refractivity contribution is 0.0956. The zero-order valence-electron chi connectivity index (χ0n) is 15.6. The van der Waals surface area contributed by atoms with Crippen LogP contribution in [0.2, 0.25) is 0 Å². The van der Waals surface area contributed by atoms with Crippen molar-refractivity contribution in [2.45, 2.75) is 20.4 Å². The van der Waals surface area contributed by atoms with Crippen LogP contribution in [-0.4, -0.2) is 25.1 Å². The predicted octanol–water partition coefficient (Wildman–Crippen LogP) is 3.86. The van der Waals surface area contributed by atoms with Crippen molar-refractivity contribution in [2.75, 3.05) is 20.0 Å². The van der Waals surface area contributed by atoms with Crippen molar-refractivity contribution >= 4 is 45.6 Å². The number of carbonyl (C=O) groups excluding carboxylic acids is 1. The molecule has 0 unspecified atom stereocenters. The normalized spacial score (nSPS) is 10.4. The third-order valence-electron chi connectivity index (χ3n) is 4.13. The Morgan fingerprint density at radius 2 is 1.89 bits per heavy atom. The number of nitrogens with one attached hydrogen (secondary N) is 1.